The van der Waals surface area contributed by atoms with Crippen LogP contribution in [0.15, 0.2) is 12.1 Å². The van der Waals surface area contributed by atoms with Gasteiger partial charge in [-0.3, -0.25) is 0 Å². The molecular weight excluding hydrogens is 254 g/mol. The van der Waals surface area contributed by atoms with Crippen LogP contribution in [0.4, 0.5) is 0 Å². The van der Waals surface area contributed by atoms with Crippen LogP contribution >= 0.6 is 0 Å². The maximum absolute atomic E-state index is 5.99. The monoisotopic (exact) mass is 272 g/mol. The van der Waals surface area contributed by atoms with Gasteiger partial charge in [0.25, 0.3) is 0 Å². The van der Waals surface area contributed by atoms with E-state index in [1.807, 2.05) is 0 Å². The van der Waals surface area contributed by atoms with Crippen molar-refractivity contribution < 1.29 is 9.31 Å². The van der Waals surface area contributed by atoms with Crippen LogP contribution in [-0.4, -0.2) is 32.8 Å². The molecule has 1 aliphatic heterocycles. The minimum absolute atomic E-state index is 0.135. The number of hydrogen-bond donors (Lipinski definition) is 0. The van der Waals surface area contributed by atoms with Gasteiger partial charge in [0.1, 0.15) is 0 Å². The third kappa shape index (κ3) is 1.96. The van der Waals surface area contributed by atoms with Gasteiger partial charge in [0, 0.05) is 0 Å². The van der Waals surface area contributed by atoms with Crippen molar-refractivity contribution in [3.05, 3.63) is 16.6 Å². The Bertz CT molecular complexity index is 354. The summed E-state index contributed by atoms with van der Waals surface area (Å²) in [6.45, 7) is 10.5. The van der Waals surface area contributed by atoms with E-state index in [0.717, 1.165) is 0 Å². The molecule has 0 spiro atoms. The molecule has 1 aromatic rings. The van der Waals surface area contributed by atoms with Gasteiger partial charge in [-0.1, -0.05) is 0 Å². The van der Waals surface area contributed by atoms with Crippen LogP contribution in [0, 0.1) is 6.92 Å². The molecule has 4 heteroatoms. The van der Waals surface area contributed by atoms with Crippen molar-refractivity contribution in [3.63, 3.8) is 0 Å². The Balaban J connectivity index is 2.23. The zero-order valence-electron chi connectivity index (χ0n) is 9.96. The fourth-order valence-electron chi connectivity index (χ4n) is 1.54. The molecule has 0 amide bonds. The van der Waals surface area contributed by atoms with E-state index in [1.54, 1.807) is 0 Å². The summed E-state index contributed by atoms with van der Waals surface area (Å²) in [5.41, 5.74) is -0.434. The molecule has 0 radical (unpaired) electrons. The second kappa shape index (κ2) is 3.49. The van der Waals surface area contributed by atoms with Crippen LogP contribution < -0.4 is 4.34 Å². The van der Waals surface area contributed by atoms with Crippen LogP contribution in [0.25, 0.3) is 0 Å². The summed E-state index contributed by atoms with van der Waals surface area (Å²) in [4.78, 5) is 0. The molecule has 15 heavy (non-hydrogen) atoms. The van der Waals surface area contributed by atoms with Crippen LogP contribution in [0.1, 0.15) is 32.1 Å². The topological polar surface area (TPSA) is 18.5 Å². The van der Waals surface area contributed by atoms with Crippen molar-refractivity contribution in [1.29, 1.82) is 0 Å². The average Bonchev–Trinajstić information content (AvgIpc) is 2.56. The Kier molecular flexibility index (Phi) is 2.67. The summed E-state index contributed by atoms with van der Waals surface area (Å²) in [5.74, 6) is 0. The first-order valence-corrected chi connectivity index (χ1v) is 6.95. The van der Waals surface area contributed by atoms with E-state index in [1.165, 1.54) is 8.77 Å². The summed E-state index contributed by atoms with van der Waals surface area (Å²) in [7, 11) is -0.135. The maximum atomic E-state index is 5.99. The van der Waals surface area contributed by atoms with E-state index in [-0.39, 0.29) is 18.3 Å². The van der Waals surface area contributed by atoms with Crippen molar-refractivity contribution in [2.45, 2.75) is 45.8 Å². The third-order valence-electron chi connectivity index (χ3n) is 3.25. The molecule has 1 saturated heterocycles. The summed E-state index contributed by atoms with van der Waals surface area (Å²) >= 11 is 0.418. The van der Waals surface area contributed by atoms with E-state index >= 15 is 0 Å². The fourth-order valence-corrected chi connectivity index (χ4v) is 3.29. The Hall–Kier alpha value is -0.0156. The number of rotatable bonds is 1. The van der Waals surface area contributed by atoms with Gasteiger partial charge < -0.3 is 0 Å². The Morgan fingerprint density at radius 1 is 1.07 bits per heavy atom. The quantitative estimate of drug-likeness (QED) is 0.718. The first-order chi connectivity index (χ1) is 6.82. The number of hydrogen-bond acceptors (Lipinski definition) is 2. The first kappa shape index (κ1) is 11.5. The molecule has 0 saturated carbocycles. The second-order valence-corrected chi connectivity index (χ2v) is 7.81. The summed E-state index contributed by atoms with van der Waals surface area (Å²) in [5, 5.41) is 0. The van der Waals surface area contributed by atoms with E-state index in [2.05, 4.69) is 46.8 Å². The van der Waals surface area contributed by atoms with Crippen molar-refractivity contribution in [1.82, 2.24) is 0 Å². The molecule has 0 N–H and O–H groups in total. The predicted octanol–water partition coefficient (Wildman–Crippen LogP) is 1.35. The van der Waals surface area contributed by atoms with E-state index in [0.29, 0.717) is 14.5 Å². The molecule has 0 bridgehead atoms. The van der Waals surface area contributed by atoms with Crippen molar-refractivity contribution in [2.75, 3.05) is 0 Å². The van der Waals surface area contributed by atoms with Gasteiger partial charge in [-0.25, -0.2) is 0 Å². The fraction of sp³-hybridized carbons (Fsp3) is 0.636. The van der Waals surface area contributed by atoms with E-state index in [4.69, 9.17) is 9.31 Å². The SMILES string of the molecule is Cc1ccc(B2OC(C)(C)C(C)(C)O2)[se]1. The molecule has 0 aliphatic carbocycles. The van der Waals surface area contributed by atoms with Gasteiger partial charge in [-0.15, -0.1) is 0 Å². The van der Waals surface area contributed by atoms with Gasteiger partial charge in [0.05, 0.1) is 0 Å². The molecule has 2 nitrogen and oxygen atoms in total. The Morgan fingerprint density at radius 3 is 2.00 bits per heavy atom. The summed E-state index contributed by atoms with van der Waals surface area (Å²) in [6.07, 6.45) is 0. The van der Waals surface area contributed by atoms with Gasteiger partial charge >= 0.3 is 97.7 Å². The Labute approximate surface area is 97.9 Å². The zero-order chi connectivity index (χ0) is 11.3. The van der Waals surface area contributed by atoms with Crippen molar-refractivity contribution in [3.8, 4) is 0 Å². The normalized spacial score (nSPS) is 23.4. The van der Waals surface area contributed by atoms with Crippen LogP contribution in [0.5, 0.6) is 0 Å². The second-order valence-electron chi connectivity index (χ2n) is 5.04. The third-order valence-corrected chi connectivity index (χ3v) is 5.39. The van der Waals surface area contributed by atoms with Gasteiger partial charge in [0.15, 0.2) is 0 Å². The predicted molar refractivity (Wildman–Crippen MR) is 63.8 cm³/mol. The molecular formula is C11H17BO2Se. The minimum atomic E-state index is -0.217. The van der Waals surface area contributed by atoms with Crippen LogP contribution in [-0.2, 0) is 9.31 Å². The van der Waals surface area contributed by atoms with Gasteiger partial charge in [0.2, 0.25) is 0 Å². The van der Waals surface area contributed by atoms with E-state index < -0.39 is 0 Å². The standard InChI is InChI=1S/C11H17BO2Se/c1-8-6-7-9(15-8)12-13-10(2,3)11(4,5)14-12/h6-7H,1-5H3. The van der Waals surface area contributed by atoms with Gasteiger partial charge in [-0.05, 0) is 0 Å². The molecule has 1 aromatic heterocycles. The summed E-state index contributed by atoms with van der Waals surface area (Å²) < 4.78 is 14.7. The van der Waals surface area contributed by atoms with E-state index in [9.17, 15) is 0 Å². The van der Waals surface area contributed by atoms with Crippen molar-refractivity contribution >= 4 is 26.0 Å². The van der Waals surface area contributed by atoms with Crippen molar-refractivity contribution in [2.24, 2.45) is 0 Å². The Morgan fingerprint density at radius 2 is 1.60 bits per heavy atom. The molecule has 0 unspecified atom stereocenters. The summed E-state index contributed by atoms with van der Waals surface area (Å²) in [6, 6.07) is 4.32. The molecule has 0 atom stereocenters. The van der Waals surface area contributed by atoms with Crippen LogP contribution in [0.3, 0.4) is 0 Å². The van der Waals surface area contributed by atoms with Gasteiger partial charge in [-0.2, -0.15) is 0 Å². The molecule has 2 heterocycles. The van der Waals surface area contributed by atoms with Crippen LogP contribution in [0.2, 0.25) is 0 Å². The number of aryl methyl sites for hydroxylation is 1. The molecule has 0 aromatic carbocycles. The first-order valence-electron chi connectivity index (χ1n) is 5.24. The molecule has 1 aliphatic rings. The zero-order valence-corrected chi connectivity index (χ0v) is 11.7. The average molecular weight is 271 g/mol. The molecule has 1 fully saturated rings. The molecule has 2 rings (SSSR count). The molecule has 82 valence electrons.